The van der Waals surface area contributed by atoms with E-state index in [1.807, 2.05) is 0 Å². The van der Waals surface area contributed by atoms with Gasteiger partial charge in [-0.05, 0) is 49.7 Å². The molecule has 0 aliphatic carbocycles. The maximum Gasteiger partial charge on any atom is 0.271 e. The van der Waals surface area contributed by atoms with Crippen LogP contribution < -0.4 is 11.0 Å². The molecule has 1 aliphatic rings. The van der Waals surface area contributed by atoms with Gasteiger partial charge in [0.25, 0.3) is 11.5 Å². The Morgan fingerprint density at radius 1 is 1.21 bits per heavy atom. The van der Waals surface area contributed by atoms with Crippen LogP contribution in [0.4, 0.5) is 0 Å². The van der Waals surface area contributed by atoms with Gasteiger partial charge in [-0.25, -0.2) is 10.4 Å². The van der Waals surface area contributed by atoms with Gasteiger partial charge in [0.05, 0.1) is 16.6 Å². The number of halogens is 2. The van der Waals surface area contributed by atoms with Gasteiger partial charge in [-0.15, -0.1) is 0 Å². The number of carbonyl (C=O) groups is 1. The van der Waals surface area contributed by atoms with E-state index in [1.165, 1.54) is 0 Å². The molecule has 1 aromatic heterocycles. The molecule has 0 atom stereocenters. The maximum atomic E-state index is 12.5. The molecule has 8 heteroatoms. The zero-order chi connectivity index (χ0) is 19.8. The molecule has 0 unspecified atom stereocenters. The number of hydrogen-bond donors (Lipinski definition) is 1. The highest BCUT2D eigenvalue weighted by Gasteiger charge is 2.17. The lowest BCUT2D eigenvalue weighted by molar-refractivity contribution is 0.0955. The van der Waals surface area contributed by atoms with E-state index in [1.54, 1.807) is 47.9 Å². The van der Waals surface area contributed by atoms with Crippen LogP contribution in [0.5, 0.6) is 0 Å². The second-order valence-electron chi connectivity index (χ2n) is 6.58. The molecule has 0 fully saturated rings. The van der Waals surface area contributed by atoms with Crippen molar-refractivity contribution in [1.29, 1.82) is 0 Å². The Hall–Kier alpha value is -2.70. The second kappa shape index (κ2) is 7.37. The number of hydrogen-bond acceptors (Lipinski definition) is 4. The average Bonchev–Trinajstić information content (AvgIpc) is 3.16. The van der Waals surface area contributed by atoms with Crippen molar-refractivity contribution < 1.29 is 4.79 Å². The molecule has 0 radical (unpaired) electrons. The van der Waals surface area contributed by atoms with Crippen molar-refractivity contribution in [2.45, 2.75) is 26.3 Å². The van der Waals surface area contributed by atoms with Crippen LogP contribution in [0.1, 0.15) is 35.1 Å². The number of aryl methyl sites for hydroxylation is 1. The molecule has 6 nitrogen and oxygen atoms in total. The SMILES string of the molecule is C/C(=N/NC(=O)c1ccc2c(=O)n3c(nc2c1)CCC3)c1cc(Cl)ccc1Cl. The third-order valence-electron chi connectivity index (χ3n) is 4.72. The van der Waals surface area contributed by atoms with Crippen molar-refractivity contribution >= 4 is 45.7 Å². The standard InChI is InChI=1S/C20H16Cl2N4O2/c1-11(15-10-13(21)5-7-16(15)22)24-25-19(27)12-4-6-14-17(9-12)23-18-3-2-8-26(18)20(14)28/h4-7,9-10H,2-3,8H2,1H3,(H,25,27)/b24-11-. The van der Waals surface area contributed by atoms with Crippen LogP contribution >= 0.6 is 23.2 Å². The molecule has 4 rings (SSSR count). The van der Waals surface area contributed by atoms with E-state index >= 15 is 0 Å². The predicted octanol–water partition coefficient (Wildman–Crippen LogP) is 3.80. The number of rotatable bonds is 3. The third kappa shape index (κ3) is 3.41. The molecule has 0 saturated heterocycles. The number of amides is 1. The van der Waals surface area contributed by atoms with Gasteiger partial charge in [-0.2, -0.15) is 5.10 Å². The van der Waals surface area contributed by atoms with Crippen LogP contribution in [-0.4, -0.2) is 21.2 Å². The quantitative estimate of drug-likeness (QED) is 0.522. The number of benzene rings is 2. The minimum Gasteiger partial charge on any atom is -0.296 e. The highest BCUT2D eigenvalue weighted by atomic mass is 35.5. The zero-order valence-corrected chi connectivity index (χ0v) is 16.5. The Bertz CT molecular complexity index is 1200. The Kier molecular flexibility index (Phi) is 4.91. The van der Waals surface area contributed by atoms with Crippen molar-refractivity contribution in [2.24, 2.45) is 5.10 Å². The normalized spacial score (nSPS) is 13.6. The molecule has 3 aromatic rings. The first kappa shape index (κ1) is 18.7. The number of aromatic nitrogens is 2. The smallest absolute Gasteiger partial charge is 0.271 e. The van der Waals surface area contributed by atoms with Crippen LogP contribution in [0.3, 0.4) is 0 Å². The summed E-state index contributed by atoms with van der Waals surface area (Å²) in [4.78, 5) is 29.6. The fourth-order valence-corrected chi connectivity index (χ4v) is 3.69. The van der Waals surface area contributed by atoms with Gasteiger partial charge in [-0.3, -0.25) is 14.2 Å². The van der Waals surface area contributed by atoms with E-state index in [4.69, 9.17) is 23.2 Å². The topological polar surface area (TPSA) is 76.3 Å². The van der Waals surface area contributed by atoms with Gasteiger partial charge in [0.1, 0.15) is 5.82 Å². The van der Waals surface area contributed by atoms with Crippen LogP contribution in [-0.2, 0) is 13.0 Å². The summed E-state index contributed by atoms with van der Waals surface area (Å²) >= 11 is 12.2. The summed E-state index contributed by atoms with van der Waals surface area (Å²) in [5.41, 5.74) is 4.50. The van der Waals surface area contributed by atoms with Gasteiger partial charge in [0.15, 0.2) is 0 Å². The lowest BCUT2D eigenvalue weighted by Crippen LogP contribution is -2.22. The van der Waals surface area contributed by atoms with Crippen LogP contribution in [0, 0.1) is 0 Å². The molecule has 0 spiro atoms. The van der Waals surface area contributed by atoms with Gasteiger partial charge in [-0.1, -0.05) is 23.2 Å². The lowest BCUT2D eigenvalue weighted by atomic mass is 10.1. The summed E-state index contributed by atoms with van der Waals surface area (Å²) in [5, 5.41) is 5.64. The Morgan fingerprint density at radius 2 is 2.04 bits per heavy atom. The van der Waals surface area contributed by atoms with Gasteiger partial charge < -0.3 is 0 Å². The minimum absolute atomic E-state index is 0.0612. The predicted molar refractivity (Wildman–Crippen MR) is 110 cm³/mol. The molecule has 1 aliphatic heterocycles. The molecular weight excluding hydrogens is 399 g/mol. The second-order valence-corrected chi connectivity index (χ2v) is 7.43. The van der Waals surface area contributed by atoms with E-state index in [0.29, 0.717) is 44.3 Å². The first-order valence-corrected chi connectivity index (χ1v) is 9.53. The molecule has 142 valence electrons. The summed E-state index contributed by atoms with van der Waals surface area (Å²) in [6.07, 6.45) is 1.68. The third-order valence-corrected chi connectivity index (χ3v) is 5.29. The minimum atomic E-state index is -0.401. The molecule has 28 heavy (non-hydrogen) atoms. The van der Waals surface area contributed by atoms with Crippen LogP contribution in [0.15, 0.2) is 46.3 Å². The number of fused-ring (bicyclic) bond motifs is 2. The number of nitrogens with one attached hydrogen (secondary N) is 1. The van der Waals surface area contributed by atoms with Crippen molar-refractivity contribution in [3.63, 3.8) is 0 Å². The first-order chi connectivity index (χ1) is 13.4. The monoisotopic (exact) mass is 414 g/mol. The zero-order valence-electron chi connectivity index (χ0n) is 15.0. The molecule has 2 heterocycles. The maximum absolute atomic E-state index is 12.5. The van der Waals surface area contributed by atoms with Crippen LogP contribution in [0.25, 0.3) is 10.9 Å². The molecular formula is C20H16Cl2N4O2. The van der Waals surface area contributed by atoms with E-state index in [9.17, 15) is 9.59 Å². The molecule has 1 N–H and O–H groups in total. The Morgan fingerprint density at radius 3 is 2.86 bits per heavy atom. The fraction of sp³-hybridized carbons (Fsp3) is 0.200. The summed E-state index contributed by atoms with van der Waals surface area (Å²) in [6.45, 7) is 2.42. The fourth-order valence-electron chi connectivity index (χ4n) is 3.26. The van der Waals surface area contributed by atoms with Crippen molar-refractivity contribution in [1.82, 2.24) is 15.0 Å². The van der Waals surface area contributed by atoms with E-state index in [2.05, 4.69) is 15.5 Å². The van der Waals surface area contributed by atoms with Crippen molar-refractivity contribution in [3.05, 3.63) is 73.7 Å². The van der Waals surface area contributed by atoms with Crippen LogP contribution in [0.2, 0.25) is 10.0 Å². The molecule has 2 aromatic carbocycles. The summed E-state index contributed by atoms with van der Waals surface area (Å²) < 4.78 is 1.70. The Balaban J connectivity index is 1.61. The summed E-state index contributed by atoms with van der Waals surface area (Å²) in [7, 11) is 0. The number of carbonyl (C=O) groups excluding carboxylic acids is 1. The molecule has 0 bridgehead atoms. The summed E-state index contributed by atoms with van der Waals surface area (Å²) in [5.74, 6) is 0.362. The first-order valence-electron chi connectivity index (χ1n) is 8.77. The van der Waals surface area contributed by atoms with Gasteiger partial charge >= 0.3 is 0 Å². The van der Waals surface area contributed by atoms with E-state index in [-0.39, 0.29) is 5.56 Å². The molecule has 1 amide bonds. The van der Waals surface area contributed by atoms with Crippen molar-refractivity contribution in [2.75, 3.05) is 0 Å². The lowest BCUT2D eigenvalue weighted by Gasteiger charge is -2.07. The van der Waals surface area contributed by atoms with Crippen molar-refractivity contribution in [3.8, 4) is 0 Å². The highest BCUT2D eigenvalue weighted by Crippen LogP contribution is 2.21. The van der Waals surface area contributed by atoms with Gasteiger partial charge in [0.2, 0.25) is 0 Å². The summed E-state index contributed by atoms with van der Waals surface area (Å²) in [6, 6.07) is 9.88. The number of hydrazone groups is 1. The highest BCUT2D eigenvalue weighted by molar-refractivity contribution is 6.36. The number of nitrogens with zero attached hydrogens (tertiary/aromatic N) is 3. The average molecular weight is 415 g/mol. The molecule has 0 saturated carbocycles. The largest absolute Gasteiger partial charge is 0.296 e. The Labute approximate surface area is 170 Å². The van der Waals surface area contributed by atoms with E-state index in [0.717, 1.165) is 18.7 Å². The van der Waals surface area contributed by atoms with E-state index < -0.39 is 5.91 Å². The van der Waals surface area contributed by atoms with Gasteiger partial charge in [0, 0.05) is 34.1 Å².